The van der Waals surface area contributed by atoms with Gasteiger partial charge in [-0.15, -0.1) is 0 Å². The molecule has 4 heterocycles. The molecule has 3 aromatic heterocycles. The Morgan fingerprint density at radius 3 is 2.65 bits per heavy atom. The number of pyridine rings is 1. The van der Waals surface area contributed by atoms with Gasteiger partial charge in [-0.05, 0) is 51.5 Å². The highest BCUT2D eigenvalue weighted by atomic mass is 35.5. The number of halogens is 1. The number of imidazole rings is 1. The van der Waals surface area contributed by atoms with E-state index in [-0.39, 0.29) is 23.4 Å². The van der Waals surface area contributed by atoms with E-state index >= 15 is 0 Å². The zero-order chi connectivity index (χ0) is 23.7. The van der Waals surface area contributed by atoms with Gasteiger partial charge < -0.3 is 21.1 Å². The van der Waals surface area contributed by atoms with Gasteiger partial charge in [0.05, 0.1) is 23.1 Å². The molecule has 34 heavy (non-hydrogen) atoms. The molecule has 10 nitrogen and oxygen atoms in total. The van der Waals surface area contributed by atoms with Crippen LogP contribution in [0.5, 0.6) is 0 Å². The number of hydrogen-bond donors (Lipinski definition) is 3. The number of nitrogens with two attached hydrogens (primary N) is 1. The second-order valence-electron chi connectivity index (χ2n) is 9.43. The Bertz CT molecular complexity index is 1180. The van der Waals surface area contributed by atoms with Crippen molar-refractivity contribution < 1.29 is 9.53 Å². The molecule has 0 bridgehead atoms. The number of carbonyl (C=O) groups is 1. The number of aromatic nitrogens is 5. The summed E-state index contributed by atoms with van der Waals surface area (Å²) >= 11 is 6.14. The average molecular weight is 485 g/mol. The van der Waals surface area contributed by atoms with Gasteiger partial charge in [-0.1, -0.05) is 11.6 Å². The van der Waals surface area contributed by atoms with Gasteiger partial charge in [0.15, 0.2) is 5.65 Å². The van der Waals surface area contributed by atoms with Crippen LogP contribution in [0, 0.1) is 5.92 Å². The molecule has 3 aromatic rings. The zero-order valence-corrected chi connectivity index (χ0v) is 19.9. The summed E-state index contributed by atoms with van der Waals surface area (Å²) in [6, 6.07) is 1.92. The van der Waals surface area contributed by atoms with Crippen molar-refractivity contribution in [3.8, 4) is 0 Å². The third kappa shape index (κ3) is 4.78. The van der Waals surface area contributed by atoms with Crippen molar-refractivity contribution in [3.05, 3.63) is 29.7 Å². The predicted molar refractivity (Wildman–Crippen MR) is 130 cm³/mol. The predicted octanol–water partition coefficient (Wildman–Crippen LogP) is 3.82. The monoisotopic (exact) mass is 484 g/mol. The van der Waals surface area contributed by atoms with E-state index in [4.69, 9.17) is 32.0 Å². The molecule has 2 fully saturated rings. The van der Waals surface area contributed by atoms with Crippen LogP contribution in [0.4, 0.5) is 17.6 Å². The normalized spacial score (nSPS) is 22.4. The van der Waals surface area contributed by atoms with Crippen LogP contribution in [0.15, 0.2) is 24.7 Å². The topological polar surface area (TPSA) is 133 Å². The molecule has 1 saturated heterocycles. The molecule has 5 rings (SSSR count). The summed E-state index contributed by atoms with van der Waals surface area (Å²) in [5, 5.41) is 7.40. The average Bonchev–Trinajstić information content (AvgIpc) is 3.16. The highest BCUT2D eigenvalue weighted by Gasteiger charge is 2.31. The molecule has 0 spiro atoms. The largest absolute Gasteiger partial charge is 0.381 e. The lowest BCUT2D eigenvalue weighted by molar-refractivity contribution is -0.122. The second kappa shape index (κ2) is 9.34. The maximum Gasteiger partial charge on any atom is 0.225 e. The van der Waals surface area contributed by atoms with E-state index in [9.17, 15) is 4.79 Å². The lowest BCUT2D eigenvalue weighted by Gasteiger charge is -2.34. The summed E-state index contributed by atoms with van der Waals surface area (Å²) in [6.45, 7) is 3.60. The number of anilines is 3. The third-order valence-corrected chi connectivity index (χ3v) is 7.07. The maximum atomic E-state index is 11.7. The van der Waals surface area contributed by atoms with Crippen LogP contribution in [0.1, 0.15) is 51.5 Å². The van der Waals surface area contributed by atoms with Crippen molar-refractivity contribution in [2.45, 2.75) is 57.0 Å². The quantitative estimate of drug-likeness (QED) is 0.481. The first-order chi connectivity index (χ1) is 16.4. The summed E-state index contributed by atoms with van der Waals surface area (Å²) in [7, 11) is 0. The van der Waals surface area contributed by atoms with Gasteiger partial charge in [-0.25, -0.2) is 9.97 Å². The minimum absolute atomic E-state index is 0.0834. The first kappa shape index (κ1) is 22.8. The number of carbonyl (C=O) groups excluding carboxylic acids is 1. The first-order valence-corrected chi connectivity index (χ1v) is 12.1. The van der Waals surface area contributed by atoms with Crippen LogP contribution in [-0.2, 0) is 9.53 Å². The molecule has 1 amide bonds. The van der Waals surface area contributed by atoms with Crippen LogP contribution < -0.4 is 16.4 Å². The Morgan fingerprint density at radius 2 is 1.94 bits per heavy atom. The third-order valence-electron chi connectivity index (χ3n) is 6.87. The highest BCUT2D eigenvalue weighted by Crippen LogP contribution is 2.37. The number of fused-ring (bicyclic) bond motifs is 1. The Hall–Kier alpha value is -2.98. The molecule has 2 aliphatic rings. The Morgan fingerprint density at radius 1 is 1.18 bits per heavy atom. The maximum absolute atomic E-state index is 11.7. The molecule has 0 aromatic carbocycles. The number of nitrogens with zero attached hydrogens (tertiary/aromatic N) is 5. The molecule has 1 aliphatic heterocycles. The van der Waals surface area contributed by atoms with Crippen LogP contribution >= 0.6 is 11.6 Å². The van der Waals surface area contributed by atoms with E-state index in [1.165, 1.54) is 0 Å². The van der Waals surface area contributed by atoms with Crippen molar-refractivity contribution in [1.29, 1.82) is 0 Å². The fourth-order valence-electron chi connectivity index (χ4n) is 4.83. The van der Waals surface area contributed by atoms with E-state index in [1.54, 1.807) is 24.7 Å². The highest BCUT2D eigenvalue weighted by molar-refractivity contribution is 6.30. The van der Waals surface area contributed by atoms with Gasteiger partial charge >= 0.3 is 0 Å². The van der Waals surface area contributed by atoms with Crippen molar-refractivity contribution in [2.75, 3.05) is 23.8 Å². The summed E-state index contributed by atoms with van der Waals surface area (Å²) < 4.78 is 7.63. The van der Waals surface area contributed by atoms with Crippen LogP contribution in [0.3, 0.4) is 0 Å². The number of hydrogen-bond acceptors (Lipinski definition) is 8. The van der Waals surface area contributed by atoms with E-state index in [1.807, 2.05) is 0 Å². The Kier molecular flexibility index (Phi) is 6.26. The molecular formula is C23H29ClN8O2. The number of nitrogens with one attached hydrogen (secondary N) is 2. The molecular weight excluding hydrogens is 456 g/mol. The Labute approximate surface area is 202 Å². The fraction of sp³-hybridized carbons (Fsp3) is 0.522. The second-order valence-corrected chi connectivity index (χ2v) is 9.87. The summed E-state index contributed by atoms with van der Waals surface area (Å²) in [5.41, 5.74) is 7.61. The molecule has 1 saturated carbocycles. The van der Waals surface area contributed by atoms with Gasteiger partial charge in [0, 0.05) is 36.9 Å². The molecule has 0 atom stereocenters. The SMILES string of the molecule is CC1(Nc2ncc3nc(Nc4cncc(Cl)c4)n([C@H]4CC[C@H](C(N)=O)CC4)c3n2)CCOCC1. The lowest BCUT2D eigenvalue weighted by Crippen LogP contribution is -2.41. The van der Waals surface area contributed by atoms with E-state index < -0.39 is 0 Å². The van der Waals surface area contributed by atoms with Crippen molar-refractivity contribution >= 4 is 46.3 Å². The minimum atomic E-state index is -0.226. The van der Waals surface area contributed by atoms with Crippen molar-refractivity contribution in [3.63, 3.8) is 0 Å². The molecule has 4 N–H and O–H groups in total. The van der Waals surface area contributed by atoms with Crippen LogP contribution in [0.25, 0.3) is 11.2 Å². The molecule has 0 radical (unpaired) electrons. The zero-order valence-electron chi connectivity index (χ0n) is 19.1. The van der Waals surface area contributed by atoms with Crippen molar-refractivity contribution in [2.24, 2.45) is 11.7 Å². The molecule has 180 valence electrons. The van der Waals surface area contributed by atoms with Crippen LogP contribution in [-0.4, -0.2) is 49.2 Å². The van der Waals surface area contributed by atoms with Gasteiger partial charge in [0.1, 0.15) is 5.52 Å². The van der Waals surface area contributed by atoms with E-state index in [2.05, 4.69) is 32.1 Å². The molecule has 11 heteroatoms. The first-order valence-electron chi connectivity index (χ1n) is 11.7. The van der Waals surface area contributed by atoms with Gasteiger partial charge in [0.2, 0.25) is 17.8 Å². The summed E-state index contributed by atoms with van der Waals surface area (Å²) in [4.78, 5) is 30.1. The Balaban J connectivity index is 1.51. The van der Waals surface area contributed by atoms with E-state index in [0.29, 0.717) is 35.6 Å². The van der Waals surface area contributed by atoms with Gasteiger partial charge in [-0.2, -0.15) is 4.98 Å². The van der Waals surface area contributed by atoms with Crippen molar-refractivity contribution in [1.82, 2.24) is 24.5 Å². The fourth-order valence-corrected chi connectivity index (χ4v) is 5.00. The number of primary amides is 1. The molecule has 1 aliphatic carbocycles. The van der Waals surface area contributed by atoms with Gasteiger partial charge in [0.25, 0.3) is 0 Å². The summed E-state index contributed by atoms with van der Waals surface area (Å²) in [6.07, 6.45) is 9.91. The smallest absolute Gasteiger partial charge is 0.225 e. The number of ether oxygens (including phenoxy) is 1. The van der Waals surface area contributed by atoms with Crippen LogP contribution in [0.2, 0.25) is 5.02 Å². The lowest BCUT2D eigenvalue weighted by atomic mass is 9.85. The number of amides is 1. The minimum Gasteiger partial charge on any atom is -0.381 e. The molecule has 0 unspecified atom stereocenters. The van der Waals surface area contributed by atoms with Gasteiger partial charge in [-0.3, -0.25) is 14.3 Å². The summed E-state index contributed by atoms with van der Waals surface area (Å²) in [5.74, 6) is 0.904. The number of rotatable bonds is 6. The van der Waals surface area contributed by atoms with E-state index in [0.717, 1.165) is 49.9 Å². The standard InChI is InChI=1S/C23H29ClN8O2/c1-23(6-8-34-9-7-23)31-21-27-13-18-20(30-21)32(17-4-2-14(3-5-17)19(25)33)22(29-18)28-16-10-15(24)11-26-12-16/h10-14,17H,2-9H2,1H3,(H2,25,33)(H,28,29)(H,27,30,31)/t14-,17-.